The van der Waals surface area contributed by atoms with Crippen molar-refractivity contribution in [2.24, 2.45) is 10.2 Å². The molecule has 0 fully saturated rings. The van der Waals surface area contributed by atoms with E-state index >= 15 is 0 Å². The minimum atomic E-state index is -1.22. The Morgan fingerprint density at radius 1 is 0.966 bits per heavy atom. The lowest BCUT2D eigenvalue weighted by Gasteiger charge is -2.00. The molecule has 0 saturated carbocycles. The summed E-state index contributed by atoms with van der Waals surface area (Å²) in [7, 11) is 0. The maximum Gasteiger partial charge on any atom is 0.339 e. The fourth-order valence-corrected chi connectivity index (χ4v) is 3.42. The van der Waals surface area contributed by atoms with Crippen LogP contribution in [0.15, 0.2) is 82.6 Å². The highest BCUT2D eigenvalue weighted by molar-refractivity contribution is 7.13. The summed E-state index contributed by atoms with van der Waals surface area (Å²) in [6.45, 7) is 0. The van der Waals surface area contributed by atoms with Crippen molar-refractivity contribution in [2.45, 2.75) is 0 Å². The molecule has 0 unspecified atom stereocenters. The van der Waals surface area contributed by atoms with Crippen LogP contribution in [0.2, 0.25) is 0 Å². The van der Waals surface area contributed by atoms with Crippen molar-refractivity contribution in [3.05, 3.63) is 77.9 Å². The van der Waals surface area contributed by atoms with Crippen molar-refractivity contribution in [3.8, 4) is 27.6 Å². The monoisotopic (exact) mass is 402 g/mol. The van der Waals surface area contributed by atoms with Gasteiger partial charge in [-0.05, 0) is 42.5 Å². The molecule has 0 atom stereocenters. The Hall–Kier alpha value is -3.91. The van der Waals surface area contributed by atoms with Crippen molar-refractivity contribution in [3.63, 3.8) is 0 Å². The zero-order chi connectivity index (χ0) is 20.2. The molecule has 4 rings (SSSR count). The van der Waals surface area contributed by atoms with E-state index < -0.39 is 5.97 Å². The predicted octanol–water partition coefficient (Wildman–Crippen LogP) is 5.69. The van der Waals surface area contributed by atoms with E-state index in [-0.39, 0.29) is 11.3 Å². The minimum Gasteiger partial charge on any atom is -0.507 e. The third-order valence-corrected chi connectivity index (χ3v) is 4.96. The number of pyridine rings is 1. The zero-order valence-electron chi connectivity index (χ0n) is 14.9. The Bertz CT molecular complexity index is 1190. The van der Waals surface area contributed by atoms with Crippen molar-refractivity contribution < 1.29 is 15.0 Å². The Morgan fingerprint density at radius 2 is 1.72 bits per heavy atom. The number of carboxylic acids is 1. The third kappa shape index (κ3) is 4.17. The van der Waals surface area contributed by atoms with Crippen LogP contribution in [0.25, 0.3) is 21.8 Å². The predicted molar refractivity (Wildman–Crippen MR) is 110 cm³/mol. The van der Waals surface area contributed by atoms with E-state index in [9.17, 15) is 9.90 Å². The molecule has 0 aliphatic rings. The number of hydrogen-bond acceptors (Lipinski definition) is 7. The van der Waals surface area contributed by atoms with Gasteiger partial charge in [-0.2, -0.15) is 10.2 Å². The first-order valence-corrected chi connectivity index (χ1v) is 9.42. The highest BCUT2D eigenvalue weighted by atomic mass is 32.1. The second-order valence-electron chi connectivity index (χ2n) is 6.03. The van der Waals surface area contributed by atoms with E-state index in [1.807, 2.05) is 29.6 Å². The summed E-state index contributed by atoms with van der Waals surface area (Å²) >= 11 is 1.55. The zero-order valence-corrected chi connectivity index (χ0v) is 15.7. The molecule has 2 aromatic carbocycles. The van der Waals surface area contributed by atoms with E-state index in [4.69, 9.17) is 5.11 Å². The van der Waals surface area contributed by atoms with Crippen LogP contribution < -0.4 is 0 Å². The molecular weight excluding hydrogens is 388 g/mol. The molecule has 0 aliphatic carbocycles. The molecule has 0 spiro atoms. The quantitative estimate of drug-likeness (QED) is 0.417. The molecule has 0 saturated heterocycles. The van der Waals surface area contributed by atoms with Gasteiger partial charge in [-0.15, -0.1) is 11.3 Å². The standard InChI is InChI=1S/C21H14N4O3S/c26-19-8-7-16(10-17(19)21(27)28)25-24-15-5-3-13(4-6-15)18-12-29-20(23-18)14-2-1-9-22-11-14/h1-12,26H,(H,27,28). The van der Waals surface area contributed by atoms with Crippen molar-refractivity contribution >= 4 is 28.7 Å². The first kappa shape index (κ1) is 18.5. The number of nitrogens with zero attached hydrogens (tertiary/aromatic N) is 4. The van der Waals surface area contributed by atoms with Gasteiger partial charge in [0.15, 0.2) is 0 Å². The normalized spacial score (nSPS) is 11.0. The molecule has 2 heterocycles. The number of carboxylic acid groups (broad SMARTS) is 1. The smallest absolute Gasteiger partial charge is 0.339 e. The fourth-order valence-electron chi connectivity index (χ4n) is 2.60. The molecule has 2 N–H and O–H groups in total. The van der Waals surface area contributed by atoms with Crippen molar-refractivity contribution in [2.75, 3.05) is 0 Å². The summed E-state index contributed by atoms with van der Waals surface area (Å²) in [5, 5.41) is 29.6. The molecule has 2 aromatic heterocycles. The van der Waals surface area contributed by atoms with Gasteiger partial charge in [0.25, 0.3) is 0 Å². The van der Waals surface area contributed by atoms with Crippen LogP contribution in [0, 0.1) is 0 Å². The molecule has 142 valence electrons. The lowest BCUT2D eigenvalue weighted by Crippen LogP contribution is -1.95. The summed E-state index contributed by atoms with van der Waals surface area (Å²) < 4.78 is 0. The molecule has 4 aromatic rings. The molecule has 0 bridgehead atoms. The number of rotatable bonds is 5. The molecule has 0 aliphatic heterocycles. The number of carbonyl (C=O) groups is 1. The van der Waals surface area contributed by atoms with Gasteiger partial charge in [-0.1, -0.05) is 12.1 Å². The van der Waals surface area contributed by atoms with E-state index in [1.165, 1.54) is 18.2 Å². The van der Waals surface area contributed by atoms with Gasteiger partial charge >= 0.3 is 5.97 Å². The molecule has 7 nitrogen and oxygen atoms in total. The topological polar surface area (TPSA) is 108 Å². The summed E-state index contributed by atoms with van der Waals surface area (Å²) in [4.78, 5) is 19.8. The van der Waals surface area contributed by atoms with Gasteiger partial charge in [-0.25, -0.2) is 9.78 Å². The second-order valence-corrected chi connectivity index (χ2v) is 6.89. The van der Waals surface area contributed by atoms with Crippen LogP contribution in [0.4, 0.5) is 11.4 Å². The molecular formula is C21H14N4O3S. The van der Waals surface area contributed by atoms with Gasteiger partial charge in [0.1, 0.15) is 16.3 Å². The van der Waals surface area contributed by atoms with Gasteiger partial charge in [0, 0.05) is 28.9 Å². The number of thiazole rings is 1. The summed E-state index contributed by atoms with van der Waals surface area (Å²) in [6, 6.07) is 15.3. The number of azo groups is 1. The van der Waals surface area contributed by atoms with Crippen LogP contribution in [0.3, 0.4) is 0 Å². The first-order valence-electron chi connectivity index (χ1n) is 8.54. The average Bonchev–Trinajstić information content (AvgIpc) is 3.24. The van der Waals surface area contributed by atoms with E-state index in [1.54, 1.807) is 35.9 Å². The van der Waals surface area contributed by atoms with Gasteiger partial charge in [-0.3, -0.25) is 4.98 Å². The maximum atomic E-state index is 11.1. The second kappa shape index (κ2) is 7.99. The Kier molecular flexibility index (Phi) is 5.08. The number of aromatic carboxylic acids is 1. The van der Waals surface area contributed by atoms with Crippen molar-refractivity contribution in [1.29, 1.82) is 0 Å². The maximum absolute atomic E-state index is 11.1. The third-order valence-electron chi connectivity index (χ3n) is 4.07. The summed E-state index contributed by atoms with van der Waals surface area (Å²) in [5.41, 5.74) is 3.52. The average molecular weight is 402 g/mol. The van der Waals surface area contributed by atoms with E-state index in [2.05, 4.69) is 20.2 Å². The highest BCUT2D eigenvalue weighted by Gasteiger charge is 2.10. The van der Waals surface area contributed by atoms with Crippen LogP contribution in [0.1, 0.15) is 10.4 Å². The van der Waals surface area contributed by atoms with Crippen LogP contribution in [-0.4, -0.2) is 26.2 Å². The lowest BCUT2D eigenvalue weighted by atomic mass is 10.1. The molecule has 8 heteroatoms. The Morgan fingerprint density at radius 3 is 2.45 bits per heavy atom. The molecule has 0 radical (unpaired) electrons. The van der Waals surface area contributed by atoms with Crippen LogP contribution in [-0.2, 0) is 0 Å². The van der Waals surface area contributed by atoms with Crippen LogP contribution in [0.5, 0.6) is 5.75 Å². The summed E-state index contributed by atoms with van der Waals surface area (Å²) in [5.74, 6) is -1.53. The van der Waals surface area contributed by atoms with Gasteiger partial charge < -0.3 is 10.2 Å². The number of phenols is 1. The highest BCUT2D eigenvalue weighted by Crippen LogP contribution is 2.30. The van der Waals surface area contributed by atoms with Gasteiger partial charge in [0.2, 0.25) is 0 Å². The number of hydrogen-bond donors (Lipinski definition) is 2. The van der Waals surface area contributed by atoms with E-state index in [0.29, 0.717) is 11.4 Å². The largest absolute Gasteiger partial charge is 0.507 e. The SMILES string of the molecule is O=C(O)c1cc(N=Nc2ccc(-c3csc(-c4cccnc4)n3)cc2)ccc1O. The Balaban J connectivity index is 1.51. The summed E-state index contributed by atoms with van der Waals surface area (Å²) in [6.07, 6.45) is 3.51. The number of aromatic nitrogens is 2. The Labute approximate surface area is 169 Å². The first-order chi connectivity index (χ1) is 14.1. The van der Waals surface area contributed by atoms with E-state index in [0.717, 1.165) is 21.8 Å². The molecule has 0 amide bonds. The lowest BCUT2D eigenvalue weighted by molar-refractivity contribution is 0.0694. The van der Waals surface area contributed by atoms with Crippen LogP contribution >= 0.6 is 11.3 Å². The number of benzene rings is 2. The van der Waals surface area contributed by atoms with Crippen molar-refractivity contribution in [1.82, 2.24) is 9.97 Å². The minimum absolute atomic E-state index is 0.218. The molecule has 29 heavy (non-hydrogen) atoms. The number of aromatic hydroxyl groups is 1. The fraction of sp³-hybridized carbons (Fsp3) is 0. The van der Waals surface area contributed by atoms with Gasteiger partial charge in [0.05, 0.1) is 17.1 Å².